The summed E-state index contributed by atoms with van der Waals surface area (Å²) in [7, 11) is 0. The number of halogens is 1. The molecular weight excluding hydrogens is 300 g/mol. The highest BCUT2D eigenvalue weighted by molar-refractivity contribution is 9.10. The Labute approximate surface area is 123 Å². The number of anilines is 1. The maximum absolute atomic E-state index is 9.14. The molecule has 1 N–H and O–H groups in total. The molecule has 0 fully saturated rings. The molecule has 2 nitrogen and oxygen atoms in total. The lowest BCUT2D eigenvalue weighted by Gasteiger charge is -2.26. The van der Waals surface area contributed by atoms with Crippen LogP contribution in [0, 0.1) is 23.2 Å². The number of nitrogens with one attached hydrogen (secondary N) is 1. The molecule has 0 spiro atoms. The number of hydrogen-bond donors (Lipinski definition) is 1. The second-order valence-corrected chi connectivity index (χ2v) is 6.39. The Hall–Kier alpha value is -1.27. The van der Waals surface area contributed by atoms with Gasteiger partial charge < -0.3 is 5.32 Å². The van der Waals surface area contributed by atoms with Gasteiger partial charge in [-0.15, -0.1) is 0 Å². The quantitative estimate of drug-likeness (QED) is 0.818. The number of allylic oxidation sites excluding steroid dienone is 2. The molecule has 3 heteroatoms. The minimum absolute atomic E-state index is 0.662. The molecule has 0 saturated heterocycles. The van der Waals surface area contributed by atoms with Crippen LogP contribution in [0.15, 0.2) is 34.3 Å². The monoisotopic (exact) mass is 318 g/mol. The van der Waals surface area contributed by atoms with Gasteiger partial charge in [-0.25, -0.2) is 0 Å². The van der Waals surface area contributed by atoms with Gasteiger partial charge in [0.2, 0.25) is 0 Å². The smallest absolute Gasteiger partial charge is 0.101 e. The molecule has 0 radical (unpaired) electrons. The maximum atomic E-state index is 9.14. The molecule has 0 heterocycles. The van der Waals surface area contributed by atoms with Crippen LogP contribution < -0.4 is 5.32 Å². The fraction of sp³-hybridized carbons (Fsp3) is 0.438. The van der Waals surface area contributed by atoms with E-state index < -0.39 is 0 Å². The zero-order chi connectivity index (χ0) is 13.8. The molecular formula is C16H19BrN2. The van der Waals surface area contributed by atoms with E-state index >= 15 is 0 Å². The molecule has 0 aromatic heterocycles. The molecule has 1 aliphatic rings. The van der Waals surface area contributed by atoms with Crippen molar-refractivity contribution >= 4 is 21.6 Å². The zero-order valence-corrected chi connectivity index (χ0v) is 13.0. The number of benzene rings is 1. The fourth-order valence-electron chi connectivity index (χ4n) is 2.86. The van der Waals surface area contributed by atoms with Crippen LogP contribution in [0.5, 0.6) is 0 Å². The van der Waals surface area contributed by atoms with Crippen LogP contribution in [0.1, 0.15) is 32.3 Å². The van der Waals surface area contributed by atoms with E-state index in [0.29, 0.717) is 17.4 Å². The van der Waals surface area contributed by atoms with Gasteiger partial charge in [0, 0.05) is 11.0 Å². The van der Waals surface area contributed by atoms with Crippen molar-refractivity contribution in [3.63, 3.8) is 0 Å². The Morgan fingerprint density at radius 2 is 2.26 bits per heavy atom. The number of nitrogens with zero attached hydrogens (tertiary/aromatic N) is 1. The molecule has 0 saturated carbocycles. The van der Waals surface area contributed by atoms with E-state index in [-0.39, 0.29) is 0 Å². The highest BCUT2D eigenvalue weighted by Crippen LogP contribution is 2.28. The number of nitriles is 1. The topological polar surface area (TPSA) is 35.8 Å². The van der Waals surface area contributed by atoms with Crippen LogP contribution in [-0.4, -0.2) is 6.54 Å². The highest BCUT2D eigenvalue weighted by Gasteiger charge is 2.18. The predicted molar refractivity (Wildman–Crippen MR) is 83.0 cm³/mol. The van der Waals surface area contributed by atoms with Gasteiger partial charge in [0.15, 0.2) is 0 Å². The van der Waals surface area contributed by atoms with Crippen molar-refractivity contribution in [3.8, 4) is 6.07 Å². The van der Waals surface area contributed by atoms with E-state index in [4.69, 9.17) is 5.26 Å². The number of rotatable bonds is 3. The minimum atomic E-state index is 0.662. The van der Waals surface area contributed by atoms with Crippen LogP contribution in [0.2, 0.25) is 0 Å². The van der Waals surface area contributed by atoms with Gasteiger partial charge in [0.25, 0.3) is 0 Å². The third kappa shape index (κ3) is 3.84. The van der Waals surface area contributed by atoms with Gasteiger partial charge >= 0.3 is 0 Å². The van der Waals surface area contributed by atoms with Gasteiger partial charge in [-0.3, -0.25) is 0 Å². The molecule has 2 rings (SSSR count). The van der Waals surface area contributed by atoms with Crippen molar-refractivity contribution in [2.24, 2.45) is 11.8 Å². The molecule has 100 valence electrons. The lowest BCUT2D eigenvalue weighted by Crippen LogP contribution is -2.20. The van der Waals surface area contributed by atoms with Gasteiger partial charge in [0.05, 0.1) is 11.3 Å². The Balaban J connectivity index is 2.00. The fourth-order valence-corrected chi connectivity index (χ4v) is 3.22. The summed E-state index contributed by atoms with van der Waals surface area (Å²) < 4.78 is 0.944. The molecule has 1 aliphatic carbocycles. The van der Waals surface area contributed by atoms with Gasteiger partial charge in [-0.1, -0.05) is 34.5 Å². The van der Waals surface area contributed by atoms with Gasteiger partial charge in [0.1, 0.15) is 6.07 Å². The average molecular weight is 319 g/mol. The third-order valence-electron chi connectivity index (χ3n) is 3.57. The van der Waals surface area contributed by atoms with Crippen molar-refractivity contribution in [1.82, 2.24) is 0 Å². The highest BCUT2D eigenvalue weighted by atomic mass is 79.9. The first-order valence-electron chi connectivity index (χ1n) is 6.69. The summed E-state index contributed by atoms with van der Waals surface area (Å²) in [4.78, 5) is 0. The van der Waals surface area contributed by atoms with Crippen LogP contribution in [-0.2, 0) is 0 Å². The average Bonchev–Trinajstić information content (AvgIpc) is 2.36. The van der Waals surface area contributed by atoms with E-state index in [9.17, 15) is 0 Å². The Morgan fingerprint density at radius 1 is 1.47 bits per heavy atom. The van der Waals surface area contributed by atoms with Gasteiger partial charge in [-0.05, 0) is 49.8 Å². The molecule has 1 aromatic rings. The Kier molecular flexibility index (Phi) is 4.66. The van der Waals surface area contributed by atoms with E-state index in [2.05, 4.69) is 47.2 Å². The van der Waals surface area contributed by atoms with Crippen molar-refractivity contribution in [3.05, 3.63) is 39.9 Å². The summed E-state index contributed by atoms with van der Waals surface area (Å²) in [5.41, 5.74) is 3.12. The lowest BCUT2D eigenvalue weighted by molar-refractivity contribution is 0.421. The van der Waals surface area contributed by atoms with E-state index in [1.54, 1.807) is 0 Å². The molecule has 0 bridgehead atoms. The SMILES string of the molecule is CC1=CC(C)CC(CNc2ccc(Br)cc2C#N)C1. The third-order valence-corrected chi connectivity index (χ3v) is 4.06. The summed E-state index contributed by atoms with van der Waals surface area (Å²) in [6.45, 7) is 5.42. The van der Waals surface area contributed by atoms with E-state index in [1.165, 1.54) is 12.0 Å². The normalized spacial score (nSPS) is 22.5. The van der Waals surface area contributed by atoms with Crippen molar-refractivity contribution < 1.29 is 0 Å². The summed E-state index contributed by atoms with van der Waals surface area (Å²) >= 11 is 3.39. The summed E-state index contributed by atoms with van der Waals surface area (Å²) in [5, 5.41) is 12.6. The van der Waals surface area contributed by atoms with Crippen molar-refractivity contribution in [1.29, 1.82) is 5.26 Å². The second kappa shape index (κ2) is 6.25. The lowest BCUT2D eigenvalue weighted by atomic mass is 9.83. The first kappa shape index (κ1) is 14.1. The molecule has 0 aliphatic heterocycles. The maximum Gasteiger partial charge on any atom is 0.101 e. The van der Waals surface area contributed by atoms with Crippen LogP contribution in [0.4, 0.5) is 5.69 Å². The largest absolute Gasteiger partial charge is 0.384 e. The molecule has 2 atom stereocenters. The van der Waals surface area contributed by atoms with Crippen LogP contribution >= 0.6 is 15.9 Å². The van der Waals surface area contributed by atoms with Crippen LogP contribution in [0.25, 0.3) is 0 Å². The van der Waals surface area contributed by atoms with Crippen LogP contribution in [0.3, 0.4) is 0 Å². The molecule has 2 unspecified atom stereocenters. The first-order valence-corrected chi connectivity index (χ1v) is 7.48. The predicted octanol–water partition coefficient (Wildman–Crippen LogP) is 4.73. The standard InChI is InChI=1S/C16H19BrN2/c1-11-5-12(2)7-13(6-11)10-19-16-4-3-15(17)8-14(16)9-18/h3-5,8,11,13,19H,6-7,10H2,1-2H3. The zero-order valence-electron chi connectivity index (χ0n) is 11.4. The summed E-state index contributed by atoms with van der Waals surface area (Å²) in [6.07, 6.45) is 4.76. The molecule has 19 heavy (non-hydrogen) atoms. The summed E-state index contributed by atoms with van der Waals surface area (Å²) in [5.74, 6) is 1.33. The number of hydrogen-bond acceptors (Lipinski definition) is 2. The van der Waals surface area contributed by atoms with E-state index in [0.717, 1.165) is 23.1 Å². The second-order valence-electron chi connectivity index (χ2n) is 5.48. The summed E-state index contributed by atoms with van der Waals surface area (Å²) in [6, 6.07) is 8.04. The Morgan fingerprint density at radius 3 is 2.95 bits per heavy atom. The van der Waals surface area contributed by atoms with E-state index in [1.807, 2.05) is 18.2 Å². The molecule has 1 aromatic carbocycles. The first-order chi connectivity index (χ1) is 9.08. The molecule has 0 amide bonds. The van der Waals surface area contributed by atoms with Crippen molar-refractivity contribution in [2.45, 2.75) is 26.7 Å². The minimum Gasteiger partial charge on any atom is -0.384 e. The van der Waals surface area contributed by atoms with Gasteiger partial charge in [-0.2, -0.15) is 5.26 Å². The Bertz CT molecular complexity index is 528. The van der Waals surface area contributed by atoms with Crippen molar-refractivity contribution in [2.75, 3.05) is 11.9 Å².